The molecule has 0 unspecified atom stereocenters. The van der Waals surface area contributed by atoms with Gasteiger partial charge in [-0.15, -0.1) is 11.8 Å². The molecule has 5 nitrogen and oxygen atoms in total. The van der Waals surface area contributed by atoms with Gasteiger partial charge in [0.25, 0.3) is 0 Å². The monoisotopic (exact) mass is 198 g/mol. The van der Waals surface area contributed by atoms with Gasteiger partial charge in [-0.25, -0.2) is 0 Å². The van der Waals surface area contributed by atoms with E-state index in [1.54, 1.807) is 6.92 Å². The van der Waals surface area contributed by atoms with Crippen LogP contribution < -0.4 is 5.73 Å². The molecule has 0 atom stereocenters. The lowest BCUT2D eigenvalue weighted by Crippen LogP contribution is -2.37. The van der Waals surface area contributed by atoms with E-state index in [1.807, 2.05) is 0 Å². The molecule has 0 fully saturated rings. The van der Waals surface area contributed by atoms with Crippen molar-refractivity contribution < 1.29 is 14.7 Å². The third kappa shape index (κ3) is 7.13. The molecule has 0 heterocycles. The third-order valence-corrected chi connectivity index (χ3v) is 1.47. The van der Waals surface area contributed by atoms with Crippen molar-refractivity contribution in [3.63, 3.8) is 0 Å². The summed E-state index contributed by atoms with van der Waals surface area (Å²) in [5, 5.41) is 8.52. The van der Waals surface area contributed by atoms with Crippen LogP contribution in [0.15, 0.2) is 0 Å². The molecule has 0 saturated heterocycles. The molecule has 5 heteroatoms. The number of carboxylic acids is 1. The van der Waals surface area contributed by atoms with Gasteiger partial charge < -0.3 is 10.8 Å². The van der Waals surface area contributed by atoms with E-state index in [4.69, 9.17) is 10.8 Å². The number of rotatable bonds is 6. The summed E-state index contributed by atoms with van der Waals surface area (Å²) in [6.45, 7) is 1.91. The van der Waals surface area contributed by atoms with E-state index >= 15 is 0 Å². The number of carbonyl (C=O) groups is 2. The zero-order chi connectivity index (χ0) is 11.0. The van der Waals surface area contributed by atoms with Crippen molar-refractivity contribution in [2.24, 2.45) is 5.73 Å². The Morgan fingerprint density at radius 2 is 2.07 bits per heavy atom. The first-order valence-electron chi connectivity index (χ1n) is 4.18. The zero-order valence-electron chi connectivity index (χ0n) is 8.12. The Morgan fingerprint density at radius 1 is 1.43 bits per heavy atom. The van der Waals surface area contributed by atoms with Crippen LogP contribution in [0.1, 0.15) is 13.3 Å². The van der Waals surface area contributed by atoms with Crippen molar-refractivity contribution in [2.75, 3.05) is 19.6 Å². The van der Waals surface area contributed by atoms with Crippen LogP contribution in [-0.2, 0) is 9.59 Å². The van der Waals surface area contributed by atoms with Gasteiger partial charge in [0.05, 0.1) is 13.1 Å². The minimum Gasteiger partial charge on any atom is -0.480 e. The number of hydrogen-bond donors (Lipinski definition) is 2. The lowest BCUT2D eigenvalue weighted by molar-refractivity contribution is -0.138. The van der Waals surface area contributed by atoms with Gasteiger partial charge in [0.1, 0.15) is 0 Å². The maximum atomic E-state index is 10.6. The van der Waals surface area contributed by atoms with Crippen LogP contribution in [-0.4, -0.2) is 41.5 Å². The standard InChI is InChI=1S/C9H14N2O3/c1-2-3-4-5-11(6-8(10)12)7-9(13)14/h4-7H2,1H3,(H2,10,12)(H,13,14). The fourth-order valence-corrected chi connectivity index (χ4v) is 0.965. The summed E-state index contributed by atoms with van der Waals surface area (Å²) < 4.78 is 0. The Kier molecular flexibility index (Phi) is 6.16. The molecule has 0 radical (unpaired) electrons. The van der Waals surface area contributed by atoms with Gasteiger partial charge in [0.15, 0.2) is 0 Å². The maximum absolute atomic E-state index is 10.6. The Bertz CT molecular complexity index is 249. The van der Waals surface area contributed by atoms with Crippen LogP contribution >= 0.6 is 0 Å². The number of carbonyl (C=O) groups excluding carboxylic acids is 1. The summed E-state index contributed by atoms with van der Waals surface area (Å²) in [5.74, 6) is 3.97. The Labute approximate surface area is 82.9 Å². The number of nitrogens with two attached hydrogens (primary N) is 1. The highest BCUT2D eigenvalue weighted by molar-refractivity contribution is 5.77. The quantitative estimate of drug-likeness (QED) is 0.551. The largest absolute Gasteiger partial charge is 0.480 e. The molecule has 78 valence electrons. The van der Waals surface area contributed by atoms with Gasteiger partial charge in [0, 0.05) is 13.0 Å². The number of carboxylic acid groups (broad SMARTS) is 1. The van der Waals surface area contributed by atoms with Crippen LogP contribution in [0.2, 0.25) is 0 Å². The summed E-state index contributed by atoms with van der Waals surface area (Å²) in [5.41, 5.74) is 4.96. The van der Waals surface area contributed by atoms with E-state index in [0.717, 1.165) is 0 Å². The lowest BCUT2D eigenvalue weighted by atomic mass is 10.3. The second kappa shape index (κ2) is 6.92. The van der Waals surface area contributed by atoms with Crippen LogP contribution in [0.3, 0.4) is 0 Å². The molecule has 0 aromatic carbocycles. The second-order valence-electron chi connectivity index (χ2n) is 2.75. The number of amides is 1. The SMILES string of the molecule is CC#CCCN(CC(N)=O)CC(=O)O. The third-order valence-electron chi connectivity index (χ3n) is 1.47. The first-order valence-corrected chi connectivity index (χ1v) is 4.18. The average molecular weight is 198 g/mol. The topological polar surface area (TPSA) is 83.6 Å². The van der Waals surface area contributed by atoms with E-state index in [0.29, 0.717) is 13.0 Å². The summed E-state index contributed by atoms with van der Waals surface area (Å²) in [6, 6.07) is 0. The Hall–Kier alpha value is -1.54. The average Bonchev–Trinajstić information content (AvgIpc) is 2.02. The fourth-order valence-electron chi connectivity index (χ4n) is 0.965. The van der Waals surface area contributed by atoms with Crippen LogP contribution in [0.25, 0.3) is 0 Å². The van der Waals surface area contributed by atoms with Gasteiger partial charge in [-0.2, -0.15) is 0 Å². The van der Waals surface area contributed by atoms with Gasteiger partial charge in [-0.3, -0.25) is 14.5 Å². The van der Waals surface area contributed by atoms with E-state index in [2.05, 4.69) is 11.8 Å². The van der Waals surface area contributed by atoms with Crippen molar-refractivity contribution in [3.05, 3.63) is 0 Å². The van der Waals surface area contributed by atoms with E-state index in [1.165, 1.54) is 4.90 Å². The summed E-state index contributed by atoms with van der Waals surface area (Å²) in [4.78, 5) is 22.4. The molecule has 1 amide bonds. The molecule has 3 N–H and O–H groups in total. The smallest absolute Gasteiger partial charge is 0.317 e. The first-order chi connectivity index (χ1) is 6.56. The predicted molar refractivity (Wildman–Crippen MR) is 51.3 cm³/mol. The molecule has 0 aliphatic rings. The van der Waals surface area contributed by atoms with Crippen molar-refractivity contribution in [1.29, 1.82) is 0 Å². The summed E-state index contributed by atoms with van der Waals surface area (Å²) in [7, 11) is 0. The highest BCUT2D eigenvalue weighted by Crippen LogP contribution is 1.90. The molecular formula is C9H14N2O3. The second-order valence-corrected chi connectivity index (χ2v) is 2.75. The van der Waals surface area contributed by atoms with E-state index in [-0.39, 0.29) is 13.1 Å². The van der Waals surface area contributed by atoms with Crippen LogP contribution in [0.4, 0.5) is 0 Å². The number of nitrogens with zero attached hydrogens (tertiary/aromatic N) is 1. The minimum atomic E-state index is -0.976. The highest BCUT2D eigenvalue weighted by atomic mass is 16.4. The van der Waals surface area contributed by atoms with Gasteiger partial charge in [-0.05, 0) is 6.92 Å². The molecule has 0 aliphatic carbocycles. The van der Waals surface area contributed by atoms with E-state index in [9.17, 15) is 9.59 Å². The summed E-state index contributed by atoms with van der Waals surface area (Å²) >= 11 is 0. The first kappa shape index (κ1) is 12.5. The molecule has 0 spiro atoms. The fraction of sp³-hybridized carbons (Fsp3) is 0.556. The van der Waals surface area contributed by atoms with Gasteiger partial charge in [-0.1, -0.05) is 0 Å². The van der Waals surface area contributed by atoms with E-state index < -0.39 is 11.9 Å². The van der Waals surface area contributed by atoms with Crippen molar-refractivity contribution in [3.8, 4) is 11.8 Å². The van der Waals surface area contributed by atoms with Crippen molar-refractivity contribution in [1.82, 2.24) is 4.90 Å². The Balaban J connectivity index is 4.00. The van der Waals surface area contributed by atoms with Crippen molar-refractivity contribution in [2.45, 2.75) is 13.3 Å². The number of hydrogen-bond acceptors (Lipinski definition) is 3. The molecule has 0 rings (SSSR count). The number of primary amides is 1. The molecular weight excluding hydrogens is 184 g/mol. The predicted octanol–water partition coefficient (Wildman–Crippen LogP) is -0.728. The molecule has 0 aromatic rings. The normalized spacial score (nSPS) is 9.29. The molecule has 0 aromatic heterocycles. The van der Waals surface area contributed by atoms with Crippen molar-refractivity contribution >= 4 is 11.9 Å². The number of aliphatic carboxylic acids is 1. The summed E-state index contributed by atoms with van der Waals surface area (Å²) in [6.07, 6.45) is 0.539. The minimum absolute atomic E-state index is 0.0440. The lowest BCUT2D eigenvalue weighted by Gasteiger charge is -2.16. The van der Waals surface area contributed by atoms with Gasteiger partial charge >= 0.3 is 5.97 Å². The highest BCUT2D eigenvalue weighted by Gasteiger charge is 2.10. The Morgan fingerprint density at radius 3 is 2.50 bits per heavy atom. The zero-order valence-corrected chi connectivity index (χ0v) is 8.12. The molecule has 0 bridgehead atoms. The molecule has 14 heavy (non-hydrogen) atoms. The molecule has 0 aliphatic heterocycles. The maximum Gasteiger partial charge on any atom is 0.317 e. The van der Waals surface area contributed by atoms with Crippen LogP contribution in [0.5, 0.6) is 0 Å². The molecule has 0 saturated carbocycles. The van der Waals surface area contributed by atoms with Crippen LogP contribution in [0, 0.1) is 11.8 Å². The van der Waals surface area contributed by atoms with Gasteiger partial charge in [0.2, 0.25) is 5.91 Å².